The summed E-state index contributed by atoms with van der Waals surface area (Å²) in [5.41, 5.74) is 3.92. The van der Waals surface area contributed by atoms with E-state index in [9.17, 15) is 0 Å². The summed E-state index contributed by atoms with van der Waals surface area (Å²) in [5.74, 6) is 8.09. The number of hydrogen-bond donors (Lipinski definition) is 1. The first-order valence-electron chi connectivity index (χ1n) is 9.92. The number of benzene rings is 2. The van der Waals surface area contributed by atoms with E-state index in [1.165, 1.54) is 28.0 Å². The zero-order valence-corrected chi connectivity index (χ0v) is 17.4. The SMILES string of the molecule is CSc1cc(C[C@@H]2CCCN(N)[C@@H]2c2ccccc2)c2c(c1)CC(C)(C)O2. The van der Waals surface area contributed by atoms with Gasteiger partial charge >= 0.3 is 0 Å². The molecule has 2 aliphatic heterocycles. The summed E-state index contributed by atoms with van der Waals surface area (Å²) in [6.07, 6.45) is 6.51. The molecule has 1 saturated heterocycles. The van der Waals surface area contributed by atoms with Gasteiger partial charge in [-0.05, 0) is 74.1 Å². The standard InChI is InChI=1S/C23H30N2OS/c1-23(2)15-19-14-20(27-3)13-18(22(19)26-23)12-17-10-7-11-25(24)21(17)16-8-5-4-6-9-16/h4-6,8-9,13-14,17,21H,7,10-12,15,24H2,1-3H3/t17-,21+/m0/s1. The molecule has 144 valence electrons. The zero-order chi connectivity index (χ0) is 19.0. The lowest BCUT2D eigenvalue weighted by Crippen LogP contribution is -2.44. The Kier molecular flexibility index (Phi) is 5.23. The van der Waals surface area contributed by atoms with Crippen LogP contribution in [0.4, 0.5) is 0 Å². The third-order valence-corrected chi connectivity index (χ3v) is 6.57. The van der Waals surface area contributed by atoms with Gasteiger partial charge < -0.3 is 4.74 Å². The van der Waals surface area contributed by atoms with Crippen LogP contribution in [0.5, 0.6) is 5.75 Å². The fourth-order valence-corrected chi connectivity index (χ4v) is 5.26. The third-order valence-electron chi connectivity index (χ3n) is 5.86. The predicted molar refractivity (Wildman–Crippen MR) is 113 cm³/mol. The van der Waals surface area contributed by atoms with Crippen molar-refractivity contribution in [3.05, 3.63) is 59.2 Å². The molecule has 1 fully saturated rings. The van der Waals surface area contributed by atoms with Crippen molar-refractivity contribution in [2.45, 2.75) is 56.1 Å². The zero-order valence-electron chi connectivity index (χ0n) is 16.6. The Morgan fingerprint density at radius 3 is 2.74 bits per heavy atom. The molecule has 2 aromatic carbocycles. The molecule has 0 spiro atoms. The molecule has 2 heterocycles. The van der Waals surface area contributed by atoms with E-state index in [1.807, 2.05) is 16.8 Å². The molecule has 2 aromatic rings. The van der Waals surface area contributed by atoms with Crippen molar-refractivity contribution in [1.82, 2.24) is 5.01 Å². The minimum absolute atomic E-state index is 0.112. The highest BCUT2D eigenvalue weighted by molar-refractivity contribution is 7.98. The monoisotopic (exact) mass is 382 g/mol. The fraction of sp³-hybridized carbons (Fsp3) is 0.478. The molecular formula is C23H30N2OS. The second kappa shape index (κ2) is 7.50. The molecule has 0 amide bonds. The van der Waals surface area contributed by atoms with Crippen LogP contribution in [-0.2, 0) is 12.8 Å². The second-order valence-corrected chi connectivity index (χ2v) is 9.39. The summed E-state index contributed by atoms with van der Waals surface area (Å²) in [4.78, 5) is 1.33. The minimum Gasteiger partial charge on any atom is -0.487 e. The number of nitrogens with zero attached hydrogens (tertiary/aromatic N) is 1. The first-order chi connectivity index (χ1) is 13.0. The van der Waals surface area contributed by atoms with Crippen LogP contribution in [0.2, 0.25) is 0 Å². The van der Waals surface area contributed by atoms with Crippen molar-refractivity contribution in [1.29, 1.82) is 0 Å². The van der Waals surface area contributed by atoms with Gasteiger partial charge in [0.1, 0.15) is 11.4 Å². The number of nitrogens with two attached hydrogens (primary N) is 1. The van der Waals surface area contributed by atoms with Crippen molar-refractivity contribution in [2.24, 2.45) is 11.8 Å². The van der Waals surface area contributed by atoms with Gasteiger partial charge in [-0.1, -0.05) is 30.3 Å². The lowest BCUT2D eigenvalue weighted by atomic mass is 9.81. The van der Waals surface area contributed by atoms with Crippen LogP contribution >= 0.6 is 11.8 Å². The van der Waals surface area contributed by atoms with Crippen molar-refractivity contribution in [2.75, 3.05) is 12.8 Å². The van der Waals surface area contributed by atoms with Crippen LogP contribution in [0.25, 0.3) is 0 Å². The van der Waals surface area contributed by atoms with E-state index >= 15 is 0 Å². The van der Waals surface area contributed by atoms with Gasteiger partial charge in [-0.3, -0.25) is 5.84 Å². The molecule has 0 unspecified atom stereocenters. The van der Waals surface area contributed by atoms with E-state index in [2.05, 4.69) is 62.6 Å². The van der Waals surface area contributed by atoms with E-state index in [0.29, 0.717) is 5.92 Å². The van der Waals surface area contributed by atoms with E-state index in [1.54, 1.807) is 0 Å². The maximum atomic E-state index is 6.46. The van der Waals surface area contributed by atoms with Gasteiger partial charge in [0.2, 0.25) is 0 Å². The van der Waals surface area contributed by atoms with Crippen LogP contribution < -0.4 is 10.6 Å². The normalized spacial score (nSPS) is 24.4. The second-order valence-electron chi connectivity index (χ2n) is 8.51. The average molecular weight is 383 g/mol. The Morgan fingerprint density at radius 1 is 1.22 bits per heavy atom. The summed E-state index contributed by atoms with van der Waals surface area (Å²) >= 11 is 1.82. The highest BCUT2D eigenvalue weighted by Gasteiger charge is 2.35. The van der Waals surface area contributed by atoms with Gasteiger partial charge in [0.25, 0.3) is 0 Å². The van der Waals surface area contributed by atoms with Crippen LogP contribution in [0.3, 0.4) is 0 Å². The van der Waals surface area contributed by atoms with Gasteiger partial charge in [-0.25, -0.2) is 5.01 Å². The minimum atomic E-state index is -0.112. The van der Waals surface area contributed by atoms with E-state index < -0.39 is 0 Å². The number of hydrazine groups is 1. The maximum Gasteiger partial charge on any atom is 0.126 e. The fourth-order valence-electron chi connectivity index (χ4n) is 4.74. The van der Waals surface area contributed by atoms with Gasteiger partial charge in [0, 0.05) is 17.9 Å². The molecule has 0 aromatic heterocycles. The highest BCUT2D eigenvalue weighted by Crippen LogP contribution is 2.44. The number of thioether (sulfide) groups is 1. The number of piperidine rings is 1. The van der Waals surface area contributed by atoms with Gasteiger partial charge in [-0.2, -0.15) is 0 Å². The molecule has 4 heteroatoms. The topological polar surface area (TPSA) is 38.5 Å². The first-order valence-corrected chi connectivity index (χ1v) is 11.1. The molecule has 3 nitrogen and oxygen atoms in total. The highest BCUT2D eigenvalue weighted by atomic mass is 32.2. The summed E-state index contributed by atoms with van der Waals surface area (Å²) in [7, 11) is 0. The number of ether oxygens (including phenoxy) is 1. The van der Waals surface area contributed by atoms with E-state index in [4.69, 9.17) is 10.6 Å². The number of rotatable bonds is 4. The lowest BCUT2D eigenvalue weighted by molar-refractivity contribution is 0.0909. The molecule has 0 aliphatic carbocycles. The van der Waals surface area contributed by atoms with Crippen LogP contribution in [0, 0.1) is 5.92 Å². The van der Waals surface area contributed by atoms with Crippen LogP contribution in [0.1, 0.15) is 49.4 Å². The summed E-state index contributed by atoms with van der Waals surface area (Å²) in [6.45, 7) is 5.33. The Bertz CT molecular complexity index is 806. The van der Waals surface area contributed by atoms with E-state index in [-0.39, 0.29) is 11.6 Å². The summed E-state index contributed by atoms with van der Waals surface area (Å²) < 4.78 is 6.38. The Labute approximate surface area is 167 Å². The van der Waals surface area contributed by atoms with E-state index in [0.717, 1.165) is 31.6 Å². The molecule has 4 rings (SSSR count). The Morgan fingerprint density at radius 2 is 2.00 bits per heavy atom. The first kappa shape index (κ1) is 18.9. The van der Waals surface area contributed by atoms with Crippen LogP contribution in [0.15, 0.2) is 47.4 Å². The molecular weight excluding hydrogens is 352 g/mol. The largest absolute Gasteiger partial charge is 0.487 e. The smallest absolute Gasteiger partial charge is 0.126 e. The van der Waals surface area contributed by atoms with Crippen molar-refractivity contribution in [3.63, 3.8) is 0 Å². The molecule has 2 atom stereocenters. The molecule has 0 saturated carbocycles. The number of fused-ring (bicyclic) bond motifs is 1. The van der Waals surface area contributed by atoms with Gasteiger partial charge in [-0.15, -0.1) is 11.8 Å². The molecule has 2 N–H and O–H groups in total. The van der Waals surface area contributed by atoms with Gasteiger partial charge in [0.05, 0.1) is 6.04 Å². The van der Waals surface area contributed by atoms with Gasteiger partial charge in [0.15, 0.2) is 0 Å². The Hall–Kier alpha value is -1.49. The summed E-state index contributed by atoms with van der Waals surface area (Å²) in [5, 5.41) is 2.05. The van der Waals surface area contributed by atoms with Crippen molar-refractivity contribution < 1.29 is 4.74 Å². The average Bonchev–Trinajstić information content (AvgIpc) is 2.96. The van der Waals surface area contributed by atoms with Crippen molar-refractivity contribution >= 4 is 11.8 Å². The third kappa shape index (κ3) is 3.89. The lowest BCUT2D eigenvalue weighted by Gasteiger charge is -2.39. The molecule has 27 heavy (non-hydrogen) atoms. The summed E-state index contributed by atoms with van der Waals surface area (Å²) in [6, 6.07) is 15.6. The predicted octanol–water partition coefficient (Wildman–Crippen LogP) is 4.99. The van der Waals surface area contributed by atoms with Crippen LogP contribution in [-0.4, -0.2) is 23.4 Å². The molecule has 0 radical (unpaired) electrons. The Balaban J connectivity index is 1.68. The number of hydrogen-bond acceptors (Lipinski definition) is 4. The molecule has 2 aliphatic rings. The quantitative estimate of drug-likeness (QED) is 0.597. The molecule has 0 bridgehead atoms. The maximum absolute atomic E-state index is 6.46. The van der Waals surface area contributed by atoms with Crippen molar-refractivity contribution in [3.8, 4) is 5.75 Å².